The Bertz CT molecular complexity index is 357. The van der Waals surface area contributed by atoms with Gasteiger partial charge in [0.25, 0.3) is 0 Å². The molecule has 0 amide bonds. The van der Waals surface area contributed by atoms with Gasteiger partial charge >= 0.3 is 0 Å². The summed E-state index contributed by atoms with van der Waals surface area (Å²) in [7, 11) is 2.12. The minimum absolute atomic E-state index is 0.344. The summed E-state index contributed by atoms with van der Waals surface area (Å²) in [4.78, 5) is 2.29. The summed E-state index contributed by atoms with van der Waals surface area (Å²) in [5, 5.41) is 9.37. The van der Waals surface area contributed by atoms with Crippen LogP contribution < -0.4 is 0 Å². The third-order valence-corrected chi connectivity index (χ3v) is 2.56. The SMILES string of the molecule is CN1CCC=C(c2cccc(O)c2)C1. The quantitative estimate of drug-likeness (QED) is 0.731. The van der Waals surface area contributed by atoms with Crippen LogP contribution in [0, 0.1) is 0 Å². The summed E-state index contributed by atoms with van der Waals surface area (Å²) in [6.07, 6.45) is 3.36. The summed E-state index contributed by atoms with van der Waals surface area (Å²) >= 11 is 0. The lowest BCUT2D eigenvalue weighted by atomic mass is 10.0. The molecule has 1 aliphatic rings. The smallest absolute Gasteiger partial charge is 0.116 e. The molecule has 0 radical (unpaired) electrons. The number of rotatable bonds is 1. The van der Waals surface area contributed by atoms with Crippen LogP contribution in [0.1, 0.15) is 12.0 Å². The highest BCUT2D eigenvalue weighted by Crippen LogP contribution is 2.22. The predicted molar refractivity (Wildman–Crippen MR) is 58.2 cm³/mol. The maximum atomic E-state index is 9.37. The van der Waals surface area contributed by atoms with E-state index in [1.807, 2.05) is 18.2 Å². The summed E-state index contributed by atoms with van der Waals surface area (Å²) in [5.41, 5.74) is 2.45. The molecule has 0 saturated carbocycles. The molecule has 2 heteroatoms. The van der Waals surface area contributed by atoms with Crippen molar-refractivity contribution in [2.45, 2.75) is 6.42 Å². The Kier molecular flexibility index (Phi) is 2.55. The van der Waals surface area contributed by atoms with Crippen LogP contribution in [0.3, 0.4) is 0 Å². The second kappa shape index (κ2) is 3.84. The minimum Gasteiger partial charge on any atom is -0.508 e. The lowest BCUT2D eigenvalue weighted by Gasteiger charge is -2.23. The van der Waals surface area contributed by atoms with Gasteiger partial charge in [-0.2, -0.15) is 0 Å². The van der Waals surface area contributed by atoms with Crippen molar-refractivity contribution in [2.24, 2.45) is 0 Å². The van der Waals surface area contributed by atoms with Crippen molar-refractivity contribution in [1.82, 2.24) is 4.90 Å². The Hall–Kier alpha value is -1.28. The normalized spacial score (nSPS) is 17.9. The monoisotopic (exact) mass is 189 g/mol. The largest absolute Gasteiger partial charge is 0.508 e. The zero-order valence-electron chi connectivity index (χ0n) is 8.40. The molecule has 74 valence electrons. The average Bonchev–Trinajstić information content (AvgIpc) is 2.18. The van der Waals surface area contributed by atoms with Crippen LogP contribution in [0.2, 0.25) is 0 Å². The van der Waals surface area contributed by atoms with Gasteiger partial charge in [0.1, 0.15) is 5.75 Å². The van der Waals surface area contributed by atoms with E-state index in [1.165, 1.54) is 5.57 Å². The zero-order chi connectivity index (χ0) is 9.97. The third-order valence-electron chi connectivity index (χ3n) is 2.56. The van der Waals surface area contributed by atoms with E-state index in [9.17, 15) is 5.11 Å². The van der Waals surface area contributed by atoms with Gasteiger partial charge in [0, 0.05) is 13.1 Å². The Morgan fingerprint density at radius 1 is 1.36 bits per heavy atom. The molecule has 14 heavy (non-hydrogen) atoms. The van der Waals surface area contributed by atoms with Gasteiger partial charge in [-0.15, -0.1) is 0 Å². The molecule has 1 aromatic carbocycles. The highest BCUT2D eigenvalue weighted by Gasteiger charge is 2.10. The van der Waals surface area contributed by atoms with Gasteiger partial charge in [-0.1, -0.05) is 18.2 Å². The van der Waals surface area contributed by atoms with E-state index >= 15 is 0 Å². The van der Waals surface area contributed by atoms with Crippen LogP contribution in [0.4, 0.5) is 0 Å². The molecule has 1 aromatic rings. The molecule has 1 aliphatic heterocycles. The van der Waals surface area contributed by atoms with E-state index in [4.69, 9.17) is 0 Å². The highest BCUT2D eigenvalue weighted by atomic mass is 16.3. The minimum atomic E-state index is 0.344. The van der Waals surface area contributed by atoms with Gasteiger partial charge in [0.2, 0.25) is 0 Å². The number of benzene rings is 1. The van der Waals surface area contributed by atoms with Crippen molar-refractivity contribution in [1.29, 1.82) is 0 Å². The molecule has 1 heterocycles. The molecule has 0 atom stereocenters. The van der Waals surface area contributed by atoms with Gasteiger partial charge in [-0.3, -0.25) is 0 Å². The number of hydrogen-bond acceptors (Lipinski definition) is 2. The number of aromatic hydroxyl groups is 1. The molecule has 0 aliphatic carbocycles. The topological polar surface area (TPSA) is 23.5 Å². The Balaban J connectivity index is 2.26. The van der Waals surface area contributed by atoms with E-state index in [1.54, 1.807) is 6.07 Å². The van der Waals surface area contributed by atoms with Crippen LogP contribution in [-0.2, 0) is 0 Å². The Morgan fingerprint density at radius 2 is 2.21 bits per heavy atom. The lowest BCUT2D eigenvalue weighted by Crippen LogP contribution is -2.24. The molecule has 0 bridgehead atoms. The van der Waals surface area contributed by atoms with E-state index in [-0.39, 0.29) is 0 Å². The average molecular weight is 189 g/mol. The highest BCUT2D eigenvalue weighted by molar-refractivity contribution is 5.68. The lowest BCUT2D eigenvalue weighted by molar-refractivity contribution is 0.372. The van der Waals surface area contributed by atoms with E-state index in [0.29, 0.717) is 5.75 Å². The number of nitrogens with zero attached hydrogens (tertiary/aromatic N) is 1. The van der Waals surface area contributed by atoms with Gasteiger partial charge in [-0.25, -0.2) is 0 Å². The molecule has 0 aromatic heterocycles. The van der Waals surface area contributed by atoms with Gasteiger partial charge in [0.05, 0.1) is 0 Å². The predicted octanol–water partition coefficient (Wildman–Crippen LogP) is 2.11. The fraction of sp³-hybridized carbons (Fsp3) is 0.333. The van der Waals surface area contributed by atoms with E-state index in [2.05, 4.69) is 18.0 Å². The number of hydrogen-bond donors (Lipinski definition) is 1. The molecular weight excluding hydrogens is 174 g/mol. The van der Waals surface area contributed by atoms with Crippen LogP contribution >= 0.6 is 0 Å². The standard InChI is InChI=1S/C12H15NO/c1-13-7-3-5-11(9-13)10-4-2-6-12(14)8-10/h2,4-6,8,14H,3,7,9H2,1H3. The van der Waals surface area contributed by atoms with Crippen molar-refractivity contribution >= 4 is 5.57 Å². The number of likely N-dealkylation sites (N-methyl/N-ethyl adjacent to an activating group) is 1. The van der Waals surface area contributed by atoms with Crippen molar-refractivity contribution in [3.63, 3.8) is 0 Å². The summed E-state index contributed by atoms with van der Waals surface area (Å²) in [5.74, 6) is 0.344. The molecule has 0 spiro atoms. The van der Waals surface area contributed by atoms with E-state index in [0.717, 1.165) is 25.1 Å². The van der Waals surface area contributed by atoms with Gasteiger partial charge in [-0.05, 0) is 36.7 Å². The summed E-state index contributed by atoms with van der Waals surface area (Å²) in [6, 6.07) is 7.46. The Morgan fingerprint density at radius 3 is 2.93 bits per heavy atom. The molecule has 0 fully saturated rings. The molecular formula is C12H15NO. The first-order valence-corrected chi connectivity index (χ1v) is 4.93. The van der Waals surface area contributed by atoms with Crippen LogP contribution in [0.25, 0.3) is 5.57 Å². The zero-order valence-corrected chi connectivity index (χ0v) is 8.40. The van der Waals surface area contributed by atoms with Crippen molar-refractivity contribution < 1.29 is 5.11 Å². The first kappa shape index (κ1) is 9.28. The first-order chi connectivity index (χ1) is 6.75. The fourth-order valence-corrected chi connectivity index (χ4v) is 1.81. The Labute approximate surface area is 84.5 Å². The summed E-state index contributed by atoms with van der Waals surface area (Å²) < 4.78 is 0. The maximum Gasteiger partial charge on any atom is 0.116 e. The van der Waals surface area contributed by atoms with Crippen molar-refractivity contribution in [3.05, 3.63) is 35.9 Å². The van der Waals surface area contributed by atoms with Crippen molar-refractivity contribution in [3.8, 4) is 5.75 Å². The van der Waals surface area contributed by atoms with Crippen molar-refractivity contribution in [2.75, 3.05) is 20.1 Å². The second-order valence-corrected chi connectivity index (χ2v) is 3.81. The van der Waals surface area contributed by atoms with Crippen LogP contribution in [-0.4, -0.2) is 30.1 Å². The molecule has 0 unspecified atom stereocenters. The third kappa shape index (κ3) is 1.96. The maximum absolute atomic E-state index is 9.37. The van der Waals surface area contributed by atoms with Gasteiger partial charge < -0.3 is 10.0 Å². The molecule has 2 nitrogen and oxygen atoms in total. The molecule has 1 N–H and O–H groups in total. The van der Waals surface area contributed by atoms with Crippen LogP contribution in [0.5, 0.6) is 5.75 Å². The first-order valence-electron chi connectivity index (χ1n) is 4.93. The summed E-state index contributed by atoms with van der Waals surface area (Å²) in [6.45, 7) is 2.10. The second-order valence-electron chi connectivity index (χ2n) is 3.81. The van der Waals surface area contributed by atoms with Gasteiger partial charge in [0.15, 0.2) is 0 Å². The van der Waals surface area contributed by atoms with E-state index < -0.39 is 0 Å². The number of phenols is 1. The fourth-order valence-electron chi connectivity index (χ4n) is 1.81. The molecule has 2 rings (SSSR count). The van der Waals surface area contributed by atoms with Crippen LogP contribution in [0.15, 0.2) is 30.3 Å². The number of phenolic OH excluding ortho intramolecular Hbond substituents is 1. The molecule has 0 saturated heterocycles.